The monoisotopic (exact) mass is 715 g/mol. The summed E-state index contributed by atoms with van der Waals surface area (Å²) in [4.78, 5) is 27.1. The molecule has 47 heavy (non-hydrogen) atoms. The Hall–Kier alpha value is -0.276. The van der Waals surface area contributed by atoms with Crippen molar-refractivity contribution in [1.29, 1.82) is 0 Å². The van der Waals surface area contributed by atoms with Gasteiger partial charge in [0, 0.05) is 12.8 Å². The zero-order valence-electron chi connectivity index (χ0n) is 32.7. The molecule has 0 fully saturated rings. The number of unbranched alkanes of at least 4 members (excludes halogenated alkanes) is 20. The van der Waals surface area contributed by atoms with E-state index in [-0.39, 0.29) is 11.9 Å². The summed E-state index contributed by atoms with van der Waals surface area (Å²) < 4.78 is 13.6. The van der Waals surface area contributed by atoms with Gasteiger partial charge in [-0.15, -0.1) is 10.7 Å². The maximum absolute atomic E-state index is 13.5. The lowest BCUT2D eigenvalue weighted by Gasteiger charge is -2.39. The molecule has 0 spiro atoms. The Morgan fingerprint density at radius 1 is 0.362 bits per heavy atom. The van der Waals surface area contributed by atoms with Gasteiger partial charge in [0.15, 0.2) is 0 Å². The summed E-state index contributed by atoms with van der Waals surface area (Å²) >= 11 is 0. The standard InChI is InChI=1S/C40H82O4SSi2/c1-7-13-19-21-23-25-27-29-31-33-39(41)43-46(35-15-9-3,36-16-10-4)45-47(37-17-11-5,38-18-12-6)44-40(42)34-32-30-28-26-24-22-20-14-8-2/h7-38H2,1-6H3. The fourth-order valence-electron chi connectivity index (χ4n) is 6.50. The van der Waals surface area contributed by atoms with E-state index in [0.717, 1.165) is 101 Å². The fraction of sp³-hybridized carbons (Fsp3) is 0.950. The Morgan fingerprint density at radius 3 is 0.851 bits per heavy atom. The molecule has 0 amide bonds. The first-order valence-electron chi connectivity index (χ1n) is 21.0. The lowest BCUT2D eigenvalue weighted by atomic mass is 10.1. The summed E-state index contributed by atoms with van der Waals surface area (Å²) in [5.74, 6) is 0.0449. The molecule has 280 valence electrons. The van der Waals surface area contributed by atoms with E-state index in [1.54, 1.807) is 0 Å². The van der Waals surface area contributed by atoms with Gasteiger partial charge in [-0.05, 0) is 37.0 Å². The highest BCUT2D eigenvalue weighted by Gasteiger charge is 2.51. The van der Waals surface area contributed by atoms with Crippen LogP contribution >= 0.6 is 10.7 Å². The van der Waals surface area contributed by atoms with Gasteiger partial charge in [0.2, 0.25) is 0 Å². The molecule has 0 bridgehead atoms. The molecule has 0 aromatic rings. The number of hydrogen-bond acceptors (Lipinski definition) is 5. The molecule has 0 heterocycles. The van der Waals surface area contributed by atoms with Crippen molar-refractivity contribution in [3.05, 3.63) is 0 Å². The third-order valence-corrected chi connectivity index (χ3v) is 27.9. The lowest BCUT2D eigenvalue weighted by molar-refractivity contribution is -0.136. The topological polar surface area (TPSA) is 52.6 Å². The van der Waals surface area contributed by atoms with Crippen LogP contribution in [-0.2, 0) is 18.4 Å². The van der Waals surface area contributed by atoms with Crippen molar-refractivity contribution in [2.45, 2.75) is 246 Å². The van der Waals surface area contributed by atoms with E-state index in [2.05, 4.69) is 41.5 Å². The largest absolute Gasteiger partial charge is 0.509 e. The molecule has 0 aliphatic carbocycles. The number of carbonyl (C=O) groups is 2. The van der Waals surface area contributed by atoms with Crippen LogP contribution in [0, 0.1) is 0 Å². The van der Waals surface area contributed by atoms with Crippen LogP contribution in [0.4, 0.5) is 0 Å². The molecule has 0 aliphatic heterocycles. The van der Waals surface area contributed by atoms with Crippen LogP contribution in [0.1, 0.15) is 221 Å². The predicted octanol–water partition coefficient (Wildman–Crippen LogP) is 14.7. The molecular weight excluding hydrogens is 633 g/mol. The van der Waals surface area contributed by atoms with Crippen molar-refractivity contribution in [2.75, 3.05) is 0 Å². The molecular formula is C40H82O4SSi2. The summed E-state index contributed by atoms with van der Waals surface area (Å²) in [5, 5.41) is 0. The first-order valence-corrected chi connectivity index (χ1v) is 27.9. The summed E-state index contributed by atoms with van der Waals surface area (Å²) in [5.41, 5.74) is 0. The SMILES string of the molecule is CCCCCCCCCCCC(=O)O[Si](CCCC)(CCCC)S[Si](CCCC)(CCCC)OC(=O)CCCCCCCCCCC. The van der Waals surface area contributed by atoms with Gasteiger partial charge >= 0.3 is 14.9 Å². The van der Waals surface area contributed by atoms with E-state index in [4.69, 9.17) is 8.85 Å². The van der Waals surface area contributed by atoms with Gasteiger partial charge in [0.25, 0.3) is 11.9 Å². The van der Waals surface area contributed by atoms with Crippen LogP contribution < -0.4 is 0 Å². The summed E-state index contributed by atoms with van der Waals surface area (Å²) in [6.07, 6.45) is 32.4. The van der Waals surface area contributed by atoms with E-state index in [0.29, 0.717) is 12.8 Å². The minimum Gasteiger partial charge on any atom is -0.509 e. The molecule has 0 saturated carbocycles. The normalized spacial score (nSPS) is 12.0. The van der Waals surface area contributed by atoms with Crippen LogP contribution in [-0.4, -0.2) is 26.9 Å². The number of carbonyl (C=O) groups excluding carboxylic acids is 2. The molecule has 0 radical (unpaired) electrons. The van der Waals surface area contributed by atoms with Gasteiger partial charge in [-0.1, -0.05) is 196 Å². The van der Waals surface area contributed by atoms with Gasteiger partial charge in [0.05, 0.1) is 0 Å². The highest BCUT2D eigenvalue weighted by atomic mass is 32.5. The van der Waals surface area contributed by atoms with Crippen LogP contribution in [0.3, 0.4) is 0 Å². The van der Waals surface area contributed by atoms with Crippen molar-refractivity contribution in [1.82, 2.24) is 0 Å². The van der Waals surface area contributed by atoms with Gasteiger partial charge < -0.3 is 8.85 Å². The molecule has 0 atom stereocenters. The summed E-state index contributed by atoms with van der Waals surface area (Å²) in [7, 11) is -3.01. The van der Waals surface area contributed by atoms with Crippen LogP contribution in [0.2, 0.25) is 24.2 Å². The average Bonchev–Trinajstić information content (AvgIpc) is 3.06. The maximum atomic E-state index is 13.5. The second-order valence-corrected chi connectivity index (χ2v) is 27.6. The maximum Gasteiger partial charge on any atom is 0.314 e. The highest BCUT2D eigenvalue weighted by molar-refractivity contribution is 8.49. The van der Waals surface area contributed by atoms with Gasteiger partial charge in [-0.2, -0.15) is 0 Å². The molecule has 0 aromatic carbocycles. The molecule has 7 heteroatoms. The van der Waals surface area contributed by atoms with Crippen LogP contribution in [0.15, 0.2) is 0 Å². The zero-order chi connectivity index (χ0) is 34.9. The first kappa shape index (κ1) is 46.7. The number of hydrogen-bond donors (Lipinski definition) is 0. The Morgan fingerprint density at radius 2 is 0.596 bits per heavy atom. The Balaban J connectivity index is 5.55. The van der Waals surface area contributed by atoms with Gasteiger partial charge in [-0.3, -0.25) is 9.59 Å². The van der Waals surface area contributed by atoms with Crippen LogP contribution in [0.25, 0.3) is 0 Å². The quantitative estimate of drug-likeness (QED) is 0.0478. The Kier molecular flexibility index (Phi) is 32.7. The molecule has 0 rings (SSSR count). The molecule has 0 aromatic heterocycles. The average molecular weight is 715 g/mol. The van der Waals surface area contributed by atoms with E-state index in [1.165, 1.54) is 89.9 Å². The fourth-order valence-corrected chi connectivity index (χ4v) is 29.5. The zero-order valence-corrected chi connectivity index (χ0v) is 35.5. The van der Waals surface area contributed by atoms with Crippen molar-refractivity contribution >= 4 is 37.5 Å². The minimum atomic E-state index is -2.51. The molecule has 0 unspecified atom stereocenters. The number of rotatable bonds is 36. The molecule has 0 saturated heterocycles. The van der Waals surface area contributed by atoms with Crippen molar-refractivity contribution in [2.24, 2.45) is 0 Å². The molecule has 4 nitrogen and oxygen atoms in total. The van der Waals surface area contributed by atoms with Gasteiger partial charge in [-0.25, -0.2) is 0 Å². The van der Waals surface area contributed by atoms with E-state index >= 15 is 0 Å². The predicted molar refractivity (Wildman–Crippen MR) is 214 cm³/mol. The van der Waals surface area contributed by atoms with Crippen molar-refractivity contribution in [3.8, 4) is 0 Å². The minimum absolute atomic E-state index is 0.0224. The first-order chi connectivity index (χ1) is 22.9. The van der Waals surface area contributed by atoms with E-state index < -0.39 is 14.9 Å². The van der Waals surface area contributed by atoms with Gasteiger partial charge in [0.1, 0.15) is 0 Å². The Labute approximate surface area is 300 Å². The van der Waals surface area contributed by atoms with E-state index in [1.807, 2.05) is 10.7 Å². The van der Waals surface area contributed by atoms with Crippen molar-refractivity contribution < 1.29 is 18.4 Å². The second-order valence-electron chi connectivity index (χ2n) is 14.4. The van der Waals surface area contributed by atoms with Crippen LogP contribution in [0.5, 0.6) is 0 Å². The van der Waals surface area contributed by atoms with E-state index in [9.17, 15) is 9.59 Å². The molecule has 0 N–H and O–H groups in total. The molecule has 0 aliphatic rings. The third-order valence-electron chi connectivity index (χ3n) is 9.59. The smallest absolute Gasteiger partial charge is 0.314 e. The summed E-state index contributed by atoms with van der Waals surface area (Å²) in [6, 6.07) is 4.00. The highest BCUT2D eigenvalue weighted by Crippen LogP contribution is 2.46. The Bertz CT molecular complexity index is 646. The van der Waals surface area contributed by atoms with Crippen molar-refractivity contribution in [3.63, 3.8) is 0 Å². The summed E-state index contributed by atoms with van der Waals surface area (Å²) in [6.45, 7) is 13.5. The second kappa shape index (κ2) is 32.9. The lowest BCUT2D eigenvalue weighted by Crippen LogP contribution is -2.48. The third kappa shape index (κ3) is 26.2.